The van der Waals surface area contributed by atoms with Gasteiger partial charge in [0.25, 0.3) is 0 Å². The molecule has 144 valence electrons. The topological polar surface area (TPSA) is 101 Å². The molecule has 0 fully saturated rings. The van der Waals surface area contributed by atoms with Gasteiger partial charge in [0.15, 0.2) is 0 Å². The lowest BCUT2D eigenvalue weighted by Gasteiger charge is -2.01. The number of nitrogens with zero attached hydrogens (tertiary/aromatic N) is 6. The minimum atomic E-state index is 0.764. The molecular formula is C22H16N8. The molecular weight excluding hydrogens is 376 g/mol. The molecule has 0 aliphatic heterocycles. The lowest BCUT2D eigenvalue weighted by Crippen LogP contribution is -1.94. The van der Waals surface area contributed by atoms with Crippen LogP contribution in [-0.2, 0) is 0 Å². The number of hydrogen-bond donors (Lipinski definition) is 2. The van der Waals surface area contributed by atoms with Gasteiger partial charge >= 0.3 is 0 Å². The highest BCUT2D eigenvalue weighted by molar-refractivity contribution is 5.96. The minimum Gasteiger partial charge on any atom is -0.353 e. The number of hydrogen-bond acceptors (Lipinski definition) is 5. The average molecular weight is 392 g/mol. The molecule has 0 unspecified atom stereocenters. The predicted octanol–water partition coefficient (Wildman–Crippen LogP) is 4.06. The van der Waals surface area contributed by atoms with Crippen molar-refractivity contribution in [1.29, 1.82) is 0 Å². The average Bonchev–Trinajstić information content (AvgIpc) is 3.51. The maximum absolute atomic E-state index is 4.85. The van der Waals surface area contributed by atoms with E-state index < -0.39 is 0 Å². The molecule has 0 aliphatic carbocycles. The molecule has 0 amide bonds. The number of rotatable bonds is 3. The van der Waals surface area contributed by atoms with Crippen molar-refractivity contribution in [2.24, 2.45) is 0 Å². The van der Waals surface area contributed by atoms with Crippen LogP contribution in [0.3, 0.4) is 0 Å². The first-order valence-electron chi connectivity index (χ1n) is 9.51. The third kappa shape index (κ3) is 2.58. The summed E-state index contributed by atoms with van der Waals surface area (Å²) in [7, 11) is 0. The highest BCUT2D eigenvalue weighted by Crippen LogP contribution is 2.31. The Morgan fingerprint density at radius 2 is 1.97 bits per heavy atom. The number of pyridine rings is 3. The molecule has 0 spiro atoms. The molecule has 6 heterocycles. The summed E-state index contributed by atoms with van der Waals surface area (Å²) in [6, 6.07) is 11.9. The molecule has 0 aromatic carbocycles. The van der Waals surface area contributed by atoms with E-state index in [1.165, 1.54) is 0 Å². The maximum Gasteiger partial charge on any atom is 0.147 e. The van der Waals surface area contributed by atoms with Crippen LogP contribution >= 0.6 is 0 Å². The molecule has 0 saturated carbocycles. The molecule has 6 aromatic rings. The van der Waals surface area contributed by atoms with Crippen LogP contribution in [0.25, 0.3) is 50.4 Å². The Balaban J connectivity index is 1.52. The number of aryl methyl sites for hydroxylation is 1. The summed E-state index contributed by atoms with van der Waals surface area (Å²) >= 11 is 0. The van der Waals surface area contributed by atoms with Crippen LogP contribution in [0.1, 0.15) is 5.69 Å². The Hall–Kier alpha value is -4.33. The van der Waals surface area contributed by atoms with Gasteiger partial charge in [-0.2, -0.15) is 5.10 Å². The van der Waals surface area contributed by atoms with Gasteiger partial charge in [-0.3, -0.25) is 14.6 Å². The second-order valence-corrected chi connectivity index (χ2v) is 7.11. The van der Waals surface area contributed by atoms with Gasteiger partial charge in [-0.15, -0.1) is 0 Å². The number of imidazole rings is 1. The summed E-state index contributed by atoms with van der Waals surface area (Å²) in [4.78, 5) is 21.4. The van der Waals surface area contributed by atoms with Crippen LogP contribution in [0.2, 0.25) is 0 Å². The third-order valence-electron chi connectivity index (χ3n) is 5.10. The first-order valence-corrected chi connectivity index (χ1v) is 9.51. The van der Waals surface area contributed by atoms with Crippen molar-refractivity contribution in [2.45, 2.75) is 6.92 Å². The van der Waals surface area contributed by atoms with Crippen molar-refractivity contribution in [3.05, 3.63) is 73.2 Å². The Morgan fingerprint density at radius 3 is 2.80 bits per heavy atom. The molecule has 0 bridgehead atoms. The van der Waals surface area contributed by atoms with Crippen LogP contribution < -0.4 is 0 Å². The second kappa shape index (κ2) is 6.35. The SMILES string of the molecule is Cc1cn(-c2nccc3[nH]c(-c4n[nH]c5ccc(-c6cccnc6)nc45)cc23)cn1. The largest absolute Gasteiger partial charge is 0.353 e. The van der Waals surface area contributed by atoms with E-state index >= 15 is 0 Å². The van der Waals surface area contributed by atoms with Gasteiger partial charge in [-0.1, -0.05) is 0 Å². The van der Waals surface area contributed by atoms with E-state index in [1.54, 1.807) is 18.7 Å². The zero-order chi connectivity index (χ0) is 20.1. The molecule has 6 rings (SSSR count). The van der Waals surface area contributed by atoms with E-state index in [9.17, 15) is 0 Å². The fourth-order valence-electron chi connectivity index (χ4n) is 3.67. The molecule has 30 heavy (non-hydrogen) atoms. The molecule has 2 N–H and O–H groups in total. The molecule has 0 saturated heterocycles. The fourth-order valence-corrected chi connectivity index (χ4v) is 3.67. The lowest BCUT2D eigenvalue weighted by atomic mass is 10.1. The molecule has 8 nitrogen and oxygen atoms in total. The van der Waals surface area contributed by atoms with Gasteiger partial charge in [0.1, 0.15) is 23.4 Å². The quantitative estimate of drug-likeness (QED) is 0.473. The standard InChI is InChI=1S/C22H16N8/c1-13-11-30(12-25-13)22-15-9-19(26-17(15)6-8-24-22)21-20-18(28-29-21)5-4-16(27-20)14-3-2-7-23-10-14/h2-12,26H,1H3,(H,28,29). The highest BCUT2D eigenvalue weighted by atomic mass is 15.1. The zero-order valence-electron chi connectivity index (χ0n) is 16.0. The number of nitrogens with one attached hydrogen (secondary N) is 2. The van der Waals surface area contributed by atoms with Gasteiger partial charge in [-0.05, 0) is 43.3 Å². The van der Waals surface area contributed by atoms with Gasteiger partial charge in [-0.25, -0.2) is 15.0 Å². The van der Waals surface area contributed by atoms with Crippen molar-refractivity contribution in [3.63, 3.8) is 0 Å². The minimum absolute atomic E-state index is 0.764. The number of aromatic nitrogens is 8. The Morgan fingerprint density at radius 1 is 1.00 bits per heavy atom. The lowest BCUT2D eigenvalue weighted by molar-refractivity contribution is 1.01. The van der Waals surface area contributed by atoms with Crippen molar-refractivity contribution in [1.82, 2.24) is 39.7 Å². The monoisotopic (exact) mass is 392 g/mol. The van der Waals surface area contributed by atoms with Crippen LogP contribution in [0.15, 0.2) is 67.5 Å². The van der Waals surface area contributed by atoms with E-state index in [2.05, 4.69) is 36.2 Å². The molecule has 6 aromatic heterocycles. The van der Waals surface area contributed by atoms with E-state index in [-0.39, 0.29) is 0 Å². The number of aromatic amines is 2. The van der Waals surface area contributed by atoms with Crippen LogP contribution in [0.5, 0.6) is 0 Å². The van der Waals surface area contributed by atoms with Gasteiger partial charge in [0.2, 0.25) is 0 Å². The molecule has 0 radical (unpaired) electrons. The summed E-state index contributed by atoms with van der Waals surface area (Å²) in [6.07, 6.45) is 9.08. The summed E-state index contributed by atoms with van der Waals surface area (Å²) < 4.78 is 1.93. The van der Waals surface area contributed by atoms with Crippen molar-refractivity contribution in [2.75, 3.05) is 0 Å². The van der Waals surface area contributed by atoms with E-state index in [0.717, 1.165) is 56.1 Å². The first-order chi connectivity index (χ1) is 14.8. The van der Waals surface area contributed by atoms with E-state index in [1.807, 2.05) is 54.2 Å². The number of fused-ring (bicyclic) bond motifs is 2. The molecule has 0 aliphatic rings. The summed E-state index contributed by atoms with van der Waals surface area (Å²) in [6.45, 7) is 1.96. The second-order valence-electron chi connectivity index (χ2n) is 7.11. The third-order valence-corrected chi connectivity index (χ3v) is 5.10. The normalized spacial score (nSPS) is 11.5. The summed E-state index contributed by atoms with van der Waals surface area (Å²) in [5, 5.41) is 8.60. The van der Waals surface area contributed by atoms with Crippen molar-refractivity contribution in [3.8, 4) is 28.5 Å². The van der Waals surface area contributed by atoms with Gasteiger partial charge < -0.3 is 4.98 Å². The Bertz CT molecular complexity index is 1510. The van der Waals surface area contributed by atoms with Crippen LogP contribution in [-0.4, -0.2) is 39.7 Å². The fraction of sp³-hybridized carbons (Fsp3) is 0.0455. The first kappa shape index (κ1) is 16.6. The van der Waals surface area contributed by atoms with Crippen LogP contribution in [0, 0.1) is 6.92 Å². The van der Waals surface area contributed by atoms with Crippen molar-refractivity contribution >= 4 is 21.9 Å². The zero-order valence-corrected chi connectivity index (χ0v) is 16.0. The molecule has 8 heteroatoms. The van der Waals surface area contributed by atoms with Gasteiger partial charge in [0.05, 0.1) is 28.1 Å². The van der Waals surface area contributed by atoms with Crippen molar-refractivity contribution < 1.29 is 0 Å². The van der Waals surface area contributed by atoms with E-state index in [0.29, 0.717) is 0 Å². The summed E-state index contributed by atoms with van der Waals surface area (Å²) in [5.74, 6) is 0.819. The van der Waals surface area contributed by atoms with E-state index in [4.69, 9.17) is 4.98 Å². The predicted molar refractivity (Wildman–Crippen MR) is 114 cm³/mol. The number of H-pyrrole nitrogens is 2. The smallest absolute Gasteiger partial charge is 0.147 e. The molecule has 0 atom stereocenters. The van der Waals surface area contributed by atoms with Gasteiger partial charge in [0, 0.05) is 35.7 Å². The Kier molecular flexibility index (Phi) is 3.51. The van der Waals surface area contributed by atoms with Crippen LogP contribution in [0.4, 0.5) is 0 Å². The Labute approximate surface area is 170 Å². The maximum atomic E-state index is 4.85. The summed E-state index contributed by atoms with van der Waals surface area (Å²) in [5.41, 5.74) is 7.04. The highest BCUT2D eigenvalue weighted by Gasteiger charge is 2.16.